The molecular formula is C13H19N3O3. The van der Waals surface area contributed by atoms with Gasteiger partial charge in [-0.15, -0.1) is 0 Å². The van der Waals surface area contributed by atoms with E-state index in [9.17, 15) is 14.9 Å². The molecule has 0 atom stereocenters. The molecule has 0 saturated carbocycles. The number of nitro benzene ring substituents is 1. The van der Waals surface area contributed by atoms with Crippen LogP contribution in [0.2, 0.25) is 0 Å². The Kier molecular flexibility index (Phi) is 5.29. The van der Waals surface area contributed by atoms with Gasteiger partial charge in [-0.1, -0.05) is 13.3 Å². The summed E-state index contributed by atoms with van der Waals surface area (Å²) in [6, 6.07) is 4.09. The molecule has 19 heavy (non-hydrogen) atoms. The maximum Gasteiger partial charge on any atom is 0.292 e. The third-order valence-electron chi connectivity index (χ3n) is 2.92. The van der Waals surface area contributed by atoms with Crippen LogP contribution in [0, 0.1) is 10.1 Å². The van der Waals surface area contributed by atoms with Crippen molar-refractivity contribution in [3.8, 4) is 0 Å². The number of benzene rings is 1. The van der Waals surface area contributed by atoms with Gasteiger partial charge in [0.25, 0.3) is 11.6 Å². The maximum absolute atomic E-state index is 12.2. The van der Waals surface area contributed by atoms with E-state index in [-0.39, 0.29) is 17.3 Å². The number of carbonyl (C=O) groups excluding carboxylic acids is 1. The standard InChI is InChI=1S/C13H19N3O3/c1-3-5-8-15(4-2)13(17)10-6-7-12(16(18)19)11(14)9-10/h6-7,9H,3-5,8,14H2,1-2H3. The number of amides is 1. The number of nitro groups is 1. The molecule has 0 radical (unpaired) electrons. The number of hydrogen-bond donors (Lipinski definition) is 1. The van der Waals surface area contributed by atoms with Crippen LogP contribution in [-0.4, -0.2) is 28.8 Å². The van der Waals surface area contributed by atoms with Gasteiger partial charge in [-0.25, -0.2) is 0 Å². The van der Waals surface area contributed by atoms with Crippen molar-refractivity contribution in [1.82, 2.24) is 4.90 Å². The zero-order chi connectivity index (χ0) is 14.4. The maximum atomic E-state index is 12.2. The van der Waals surface area contributed by atoms with Crippen molar-refractivity contribution in [3.63, 3.8) is 0 Å². The van der Waals surface area contributed by atoms with E-state index in [2.05, 4.69) is 6.92 Å². The molecule has 1 aromatic rings. The van der Waals surface area contributed by atoms with Crippen LogP contribution in [0.1, 0.15) is 37.0 Å². The second-order valence-electron chi connectivity index (χ2n) is 4.27. The summed E-state index contributed by atoms with van der Waals surface area (Å²) in [6.07, 6.45) is 1.94. The number of hydrogen-bond acceptors (Lipinski definition) is 4. The van der Waals surface area contributed by atoms with Crippen molar-refractivity contribution >= 4 is 17.3 Å². The first kappa shape index (κ1) is 14.9. The van der Waals surface area contributed by atoms with Crippen molar-refractivity contribution in [3.05, 3.63) is 33.9 Å². The Morgan fingerprint density at radius 1 is 1.42 bits per heavy atom. The molecule has 1 amide bonds. The van der Waals surface area contributed by atoms with E-state index in [1.165, 1.54) is 18.2 Å². The van der Waals surface area contributed by atoms with E-state index in [1.807, 2.05) is 6.92 Å². The lowest BCUT2D eigenvalue weighted by Gasteiger charge is -2.20. The van der Waals surface area contributed by atoms with Crippen LogP contribution in [0.3, 0.4) is 0 Å². The Balaban J connectivity index is 2.93. The van der Waals surface area contributed by atoms with Crippen molar-refractivity contribution in [2.75, 3.05) is 18.8 Å². The van der Waals surface area contributed by atoms with Crippen LogP contribution in [0.15, 0.2) is 18.2 Å². The van der Waals surface area contributed by atoms with Gasteiger partial charge in [-0.3, -0.25) is 14.9 Å². The molecule has 0 heterocycles. The molecule has 0 aliphatic rings. The van der Waals surface area contributed by atoms with Gasteiger partial charge in [0.15, 0.2) is 0 Å². The number of unbranched alkanes of at least 4 members (excludes halogenated alkanes) is 1. The Morgan fingerprint density at radius 3 is 2.58 bits per heavy atom. The minimum Gasteiger partial charge on any atom is -0.393 e. The molecule has 1 rings (SSSR count). The first-order valence-corrected chi connectivity index (χ1v) is 6.34. The smallest absolute Gasteiger partial charge is 0.292 e. The molecule has 0 saturated heterocycles. The Hall–Kier alpha value is -2.11. The monoisotopic (exact) mass is 265 g/mol. The number of rotatable bonds is 6. The zero-order valence-corrected chi connectivity index (χ0v) is 11.3. The SMILES string of the molecule is CCCCN(CC)C(=O)c1ccc([N+](=O)[O-])c(N)c1. The zero-order valence-electron chi connectivity index (χ0n) is 11.3. The average Bonchev–Trinajstić information content (AvgIpc) is 2.38. The lowest BCUT2D eigenvalue weighted by atomic mass is 10.1. The fraction of sp³-hybridized carbons (Fsp3) is 0.462. The Morgan fingerprint density at radius 2 is 2.11 bits per heavy atom. The van der Waals surface area contributed by atoms with Crippen LogP contribution in [0.5, 0.6) is 0 Å². The summed E-state index contributed by atoms with van der Waals surface area (Å²) in [6.45, 7) is 5.25. The fourth-order valence-corrected chi connectivity index (χ4v) is 1.79. The molecule has 0 unspecified atom stereocenters. The highest BCUT2D eigenvalue weighted by molar-refractivity contribution is 5.95. The Bertz CT molecular complexity index is 474. The predicted molar refractivity (Wildman–Crippen MR) is 74.0 cm³/mol. The van der Waals surface area contributed by atoms with Crippen LogP contribution >= 0.6 is 0 Å². The third-order valence-corrected chi connectivity index (χ3v) is 2.92. The number of carbonyl (C=O) groups is 1. The molecular weight excluding hydrogens is 246 g/mol. The number of nitrogens with two attached hydrogens (primary N) is 1. The van der Waals surface area contributed by atoms with Crippen molar-refractivity contribution < 1.29 is 9.72 Å². The summed E-state index contributed by atoms with van der Waals surface area (Å²) in [5.74, 6) is -0.141. The molecule has 0 spiro atoms. The molecule has 0 fully saturated rings. The number of anilines is 1. The van der Waals surface area contributed by atoms with Crippen molar-refractivity contribution in [2.45, 2.75) is 26.7 Å². The number of nitrogens with zero attached hydrogens (tertiary/aromatic N) is 2. The van der Waals surface area contributed by atoms with Crippen molar-refractivity contribution in [2.24, 2.45) is 0 Å². The predicted octanol–water partition coefficient (Wildman–Crippen LogP) is 2.44. The lowest BCUT2D eigenvalue weighted by molar-refractivity contribution is -0.383. The van der Waals surface area contributed by atoms with Gasteiger partial charge >= 0.3 is 0 Å². The van der Waals surface area contributed by atoms with E-state index < -0.39 is 4.92 Å². The topological polar surface area (TPSA) is 89.5 Å². The molecule has 6 nitrogen and oxygen atoms in total. The summed E-state index contributed by atoms with van der Waals surface area (Å²) in [5, 5.41) is 10.7. The van der Waals surface area contributed by atoms with Gasteiger partial charge in [0.05, 0.1) is 4.92 Å². The Labute approximate surface area is 112 Å². The second-order valence-corrected chi connectivity index (χ2v) is 4.27. The molecule has 6 heteroatoms. The average molecular weight is 265 g/mol. The van der Waals surface area contributed by atoms with E-state index in [0.717, 1.165) is 12.8 Å². The van der Waals surface area contributed by atoms with Gasteiger partial charge in [0.2, 0.25) is 0 Å². The highest BCUT2D eigenvalue weighted by Gasteiger charge is 2.17. The summed E-state index contributed by atoms with van der Waals surface area (Å²) < 4.78 is 0. The molecule has 0 aliphatic heterocycles. The first-order chi connectivity index (χ1) is 9.01. The second kappa shape index (κ2) is 6.72. The van der Waals surface area contributed by atoms with Crippen LogP contribution in [-0.2, 0) is 0 Å². The van der Waals surface area contributed by atoms with E-state index in [0.29, 0.717) is 18.7 Å². The first-order valence-electron chi connectivity index (χ1n) is 6.34. The van der Waals surface area contributed by atoms with Crippen LogP contribution in [0.4, 0.5) is 11.4 Å². The van der Waals surface area contributed by atoms with Gasteiger partial charge < -0.3 is 10.6 Å². The minimum atomic E-state index is -0.557. The summed E-state index contributed by atoms with van der Waals surface area (Å²) in [7, 11) is 0. The lowest BCUT2D eigenvalue weighted by Crippen LogP contribution is -2.31. The van der Waals surface area contributed by atoms with E-state index in [1.54, 1.807) is 4.90 Å². The van der Waals surface area contributed by atoms with Crippen LogP contribution in [0.25, 0.3) is 0 Å². The highest BCUT2D eigenvalue weighted by atomic mass is 16.6. The normalized spacial score (nSPS) is 10.2. The molecule has 1 aromatic carbocycles. The molecule has 0 aliphatic carbocycles. The fourth-order valence-electron chi connectivity index (χ4n) is 1.79. The highest BCUT2D eigenvalue weighted by Crippen LogP contribution is 2.22. The molecule has 0 bridgehead atoms. The van der Waals surface area contributed by atoms with Gasteiger partial charge in [-0.2, -0.15) is 0 Å². The van der Waals surface area contributed by atoms with E-state index >= 15 is 0 Å². The summed E-state index contributed by atoms with van der Waals surface area (Å²) in [5.41, 5.74) is 5.82. The molecule has 0 aromatic heterocycles. The quantitative estimate of drug-likeness (QED) is 0.486. The summed E-state index contributed by atoms with van der Waals surface area (Å²) >= 11 is 0. The van der Waals surface area contributed by atoms with Crippen LogP contribution < -0.4 is 5.73 Å². The molecule has 104 valence electrons. The minimum absolute atomic E-state index is 0.0161. The summed E-state index contributed by atoms with van der Waals surface area (Å²) in [4.78, 5) is 24.0. The third kappa shape index (κ3) is 3.67. The van der Waals surface area contributed by atoms with E-state index in [4.69, 9.17) is 5.73 Å². The van der Waals surface area contributed by atoms with Gasteiger partial charge in [-0.05, 0) is 25.5 Å². The molecule has 2 N–H and O–H groups in total. The van der Waals surface area contributed by atoms with Crippen molar-refractivity contribution in [1.29, 1.82) is 0 Å². The largest absolute Gasteiger partial charge is 0.393 e. The van der Waals surface area contributed by atoms with Gasteiger partial charge in [0, 0.05) is 24.7 Å². The van der Waals surface area contributed by atoms with Gasteiger partial charge in [0.1, 0.15) is 5.69 Å². The number of nitrogen functional groups attached to an aromatic ring is 1.